The van der Waals surface area contributed by atoms with Crippen LogP contribution in [0.2, 0.25) is 5.02 Å². The van der Waals surface area contributed by atoms with E-state index in [4.69, 9.17) is 11.6 Å². The van der Waals surface area contributed by atoms with Gasteiger partial charge in [-0.1, -0.05) is 53.6 Å². The smallest absolute Gasteiger partial charge is 0.255 e. The number of rotatable bonds is 9. The molecule has 4 rings (SSSR count). The van der Waals surface area contributed by atoms with Crippen LogP contribution in [0.5, 0.6) is 0 Å². The highest BCUT2D eigenvalue weighted by Crippen LogP contribution is 2.32. The number of amides is 2. The number of anilines is 1. The first-order chi connectivity index (χ1) is 18.0. The monoisotopic (exact) mass is 537 g/mol. The molecule has 0 unspecified atom stereocenters. The van der Waals surface area contributed by atoms with Gasteiger partial charge in [-0.05, 0) is 44.9 Å². The van der Waals surface area contributed by atoms with Crippen molar-refractivity contribution in [1.29, 1.82) is 0 Å². The van der Waals surface area contributed by atoms with Crippen LogP contribution in [0, 0.1) is 6.92 Å². The maximum Gasteiger partial charge on any atom is 0.255 e. The van der Waals surface area contributed by atoms with Gasteiger partial charge in [0.25, 0.3) is 5.91 Å². The molecule has 3 aromatic rings. The van der Waals surface area contributed by atoms with Crippen LogP contribution < -0.4 is 10.6 Å². The van der Waals surface area contributed by atoms with E-state index in [1.807, 2.05) is 57.2 Å². The average Bonchev–Trinajstić information content (AvgIpc) is 3.23. The number of aliphatic hydroxyl groups is 2. The SMILES string of the molecule is Cc1cccc([C@@H](CO)NC(=O)[C@@H](C)N2Cc3ccc(-c4nc(NC(C)(C)CO)ncc4Cl)cc3C2=O)c1. The molecule has 200 valence electrons. The van der Waals surface area contributed by atoms with Gasteiger partial charge in [0.2, 0.25) is 11.9 Å². The van der Waals surface area contributed by atoms with E-state index in [0.29, 0.717) is 27.8 Å². The minimum atomic E-state index is -0.753. The largest absolute Gasteiger partial charge is 0.394 e. The van der Waals surface area contributed by atoms with Crippen molar-refractivity contribution in [2.45, 2.75) is 51.9 Å². The highest BCUT2D eigenvalue weighted by molar-refractivity contribution is 6.33. The Bertz CT molecular complexity index is 1360. The molecule has 2 aromatic carbocycles. The summed E-state index contributed by atoms with van der Waals surface area (Å²) < 4.78 is 0. The summed E-state index contributed by atoms with van der Waals surface area (Å²) in [5.74, 6) is -0.326. The first-order valence-corrected chi connectivity index (χ1v) is 12.7. The summed E-state index contributed by atoms with van der Waals surface area (Å²) in [7, 11) is 0. The molecular weight excluding hydrogens is 506 g/mol. The van der Waals surface area contributed by atoms with E-state index in [1.165, 1.54) is 11.1 Å². The number of halogens is 1. The summed E-state index contributed by atoms with van der Waals surface area (Å²) in [4.78, 5) is 36.7. The topological polar surface area (TPSA) is 128 Å². The highest BCUT2D eigenvalue weighted by Gasteiger charge is 2.35. The molecule has 38 heavy (non-hydrogen) atoms. The molecule has 0 aliphatic carbocycles. The number of carbonyl (C=O) groups is 2. The summed E-state index contributed by atoms with van der Waals surface area (Å²) in [5.41, 5.74) is 3.53. The second kappa shape index (κ2) is 11.1. The van der Waals surface area contributed by atoms with Crippen molar-refractivity contribution in [3.05, 3.63) is 75.9 Å². The summed E-state index contributed by atoms with van der Waals surface area (Å²) in [5, 5.41) is 25.7. The fraction of sp³-hybridized carbons (Fsp3) is 0.357. The molecule has 1 aliphatic heterocycles. The van der Waals surface area contributed by atoms with E-state index >= 15 is 0 Å². The minimum Gasteiger partial charge on any atom is -0.394 e. The van der Waals surface area contributed by atoms with E-state index in [9.17, 15) is 19.8 Å². The summed E-state index contributed by atoms with van der Waals surface area (Å²) in [6.07, 6.45) is 1.47. The van der Waals surface area contributed by atoms with Gasteiger partial charge in [0, 0.05) is 17.7 Å². The number of nitrogens with zero attached hydrogens (tertiary/aromatic N) is 3. The Balaban J connectivity index is 1.53. The molecule has 9 nitrogen and oxygen atoms in total. The molecule has 0 radical (unpaired) electrons. The third-order valence-corrected chi connectivity index (χ3v) is 6.87. The fourth-order valence-electron chi connectivity index (χ4n) is 4.31. The Kier molecular flexibility index (Phi) is 8.01. The zero-order valence-corrected chi connectivity index (χ0v) is 22.6. The van der Waals surface area contributed by atoms with Crippen LogP contribution in [0.3, 0.4) is 0 Å². The van der Waals surface area contributed by atoms with Gasteiger partial charge in [-0.25, -0.2) is 9.97 Å². The molecule has 2 amide bonds. The van der Waals surface area contributed by atoms with Crippen molar-refractivity contribution >= 4 is 29.4 Å². The predicted octanol–water partition coefficient (Wildman–Crippen LogP) is 3.48. The standard InChI is InChI=1S/C28H32ClN5O4/c1-16-6-5-7-18(10-16)23(14-35)31-25(37)17(2)34-13-20-9-8-19(11-21(20)26(34)38)24-22(29)12-30-27(32-24)33-28(3,4)15-36/h5-12,17,23,35-36H,13-15H2,1-4H3,(H,31,37)(H,30,32,33)/t17-,23-/m1/s1. The number of carbonyl (C=O) groups excluding carboxylic acids is 2. The summed E-state index contributed by atoms with van der Waals surface area (Å²) in [6.45, 7) is 7.15. The second-order valence-electron chi connectivity index (χ2n) is 10.2. The molecule has 2 heterocycles. The van der Waals surface area contributed by atoms with Gasteiger partial charge in [0.15, 0.2) is 0 Å². The molecule has 1 aliphatic rings. The van der Waals surface area contributed by atoms with Gasteiger partial charge in [-0.3, -0.25) is 9.59 Å². The molecule has 4 N–H and O–H groups in total. The van der Waals surface area contributed by atoms with Crippen molar-refractivity contribution in [3.63, 3.8) is 0 Å². The zero-order valence-electron chi connectivity index (χ0n) is 21.8. The Morgan fingerprint density at radius 3 is 2.66 bits per heavy atom. The van der Waals surface area contributed by atoms with E-state index in [1.54, 1.807) is 13.0 Å². The highest BCUT2D eigenvalue weighted by atomic mass is 35.5. The van der Waals surface area contributed by atoms with E-state index < -0.39 is 17.6 Å². The van der Waals surface area contributed by atoms with Gasteiger partial charge >= 0.3 is 0 Å². The van der Waals surface area contributed by atoms with E-state index in [-0.39, 0.29) is 31.6 Å². The number of hydrogen-bond donors (Lipinski definition) is 4. The third-order valence-electron chi connectivity index (χ3n) is 6.60. The average molecular weight is 538 g/mol. The van der Waals surface area contributed by atoms with Crippen molar-refractivity contribution in [3.8, 4) is 11.3 Å². The fourth-order valence-corrected chi connectivity index (χ4v) is 4.51. The lowest BCUT2D eigenvalue weighted by Crippen LogP contribution is -2.46. The number of hydrogen-bond acceptors (Lipinski definition) is 7. The first kappa shape index (κ1) is 27.5. The van der Waals surface area contributed by atoms with Gasteiger partial charge in [-0.15, -0.1) is 0 Å². The lowest BCUT2D eigenvalue weighted by atomic mass is 10.0. The lowest BCUT2D eigenvalue weighted by Gasteiger charge is -2.26. The van der Waals surface area contributed by atoms with Gasteiger partial charge < -0.3 is 25.7 Å². The molecule has 0 saturated heterocycles. The van der Waals surface area contributed by atoms with Gasteiger partial charge in [0.1, 0.15) is 6.04 Å². The Morgan fingerprint density at radius 1 is 1.21 bits per heavy atom. The molecule has 1 aromatic heterocycles. The van der Waals surface area contributed by atoms with E-state index in [2.05, 4.69) is 20.6 Å². The lowest BCUT2D eigenvalue weighted by molar-refractivity contribution is -0.126. The molecule has 2 atom stereocenters. The first-order valence-electron chi connectivity index (χ1n) is 12.4. The Labute approximate surface area is 226 Å². The van der Waals surface area contributed by atoms with Crippen LogP contribution in [0.4, 0.5) is 5.95 Å². The van der Waals surface area contributed by atoms with Crippen LogP contribution >= 0.6 is 11.6 Å². The molecule has 0 bridgehead atoms. The molecule has 10 heteroatoms. The van der Waals surface area contributed by atoms with Crippen molar-refractivity contribution < 1.29 is 19.8 Å². The van der Waals surface area contributed by atoms with E-state index in [0.717, 1.165) is 16.7 Å². The van der Waals surface area contributed by atoms with Crippen molar-refractivity contribution in [2.75, 3.05) is 18.5 Å². The van der Waals surface area contributed by atoms with Gasteiger partial charge in [-0.2, -0.15) is 0 Å². The maximum absolute atomic E-state index is 13.4. The number of benzene rings is 2. The molecule has 0 fully saturated rings. The second-order valence-corrected chi connectivity index (χ2v) is 10.6. The van der Waals surface area contributed by atoms with Crippen LogP contribution in [0.15, 0.2) is 48.7 Å². The van der Waals surface area contributed by atoms with Crippen LogP contribution in [-0.2, 0) is 11.3 Å². The number of aryl methyl sites for hydroxylation is 1. The van der Waals surface area contributed by atoms with Gasteiger partial charge in [0.05, 0.1) is 41.7 Å². The molecular formula is C28H32ClN5O4. The summed E-state index contributed by atoms with van der Waals surface area (Å²) in [6, 6.07) is 11.6. The maximum atomic E-state index is 13.4. The minimum absolute atomic E-state index is 0.118. The van der Waals surface area contributed by atoms with Crippen molar-refractivity contribution in [2.24, 2.45) is 0 Å². The number of aromatic nitrogens is 2. The normalized spacial score (nSPS) is 14.7. The summed E-state index contributed by atoms with van der Waals surface area (Å²) >= 11 is 6.40. The quantitative estimate of drug-likeness (QED) is 0.329. The zero-order chi connectivity index (χ0) is 27.6. The third kappa shape index (κ3) is 5.80. The number of nitrogens with one attached hydrogen (secondary N) is 2. The van der Waals surface area contributed by atoms with Crippen LogP contribution in [0.1, 0.15) is 53.9 Å². The number of aliphatic hydroxyl groups excluding tert-OH is 2. The number of fused-ring (bicyclic) bond motifs is 1. The molecule has 0 spiro atoms. The molecule has 0 saturated carbocycles. The van der Waals surface area contributed by atoms with Crippen LogP contribution in [-0.4, -0.2) is 61.7 Å². The Morgan fingerprint density at radius 2 is 1.97 bits per heavy atom. The van der Waals surface area contributed by atoms with Crippen molar-refractivity contribution in [1.82, 2.24) is 20.2 Å². The predicted molar refractivity (Wildman–Crippen MR) is 146 cm³/mol. The van der Waals surface area contributed by atoms with Crippen LogP contribution in [0.25, 0.3) is 11.3 Å². The Hall–Kier alpha value is -3.53.